The van der Waals surface area contributed by atoms with Gasteiger partial charge in [-0.05, 0) is 37.6 Å². The molecule has 0 spiro atoms. The Morgan fingerprint density at radius 3 is 2.78 bits per heavy atom. The normalized spacial score (nSPS) is 20.6. The smallest absolute Gasteiger partial charge is 0.221 e. The maximum atomic E-state index is 12.7. The lowest BCUT2D eigenvalue weighted by molar-refractivity contribution is -0.121. The van der Waals surface area contributed by atoms with Crippen molar-refractivity contribution < 1.29 is 14.3 Å². The van der Waals surface area contributed by atoms with Crippen molar-refractivity contribution >= 4 is 5.91 Å². The molecule has 2 unspecified atom stereocenters. The lowest BCUT2D eigenvalue weighted by Crippen LogP contribution is -2.44. The molecular weight excluding hydrogens is 404 g/mol. The van der Waals surface area contributed by atoms with Crippen molar-refractivity contribution in [2.24, 2.45) is 0 Å². The van der Waals surface area contributed by atoms with Crippen LogP contribution in [-0.4, -0.2) is 72.7 Å². The molecule has 2 aromatic rings. The Balaban J connectivity index is 1.32. The molecule has 1 N–H and O–H groups in total. The molecule has 1 amide bonds. The van der Waals surface area contributed by atoms with Gasteiger partial charge in [-0.2, -0.15) is 0 Å². The minimum absolute atomic E-state index is 0.0830. The van der Waals surface area contributed by atoms with Gasteiger partial charge in [0.15, 0.2) is 0 Å². The monoisotopic (exact) mass is 438 g/mol. The van der Waals surface area contributed by atoms with Gasteiger partial charge >= 0.3 is 0 Å². The van der Waals surface area contributed by atoms with Crippen LogP contribution < -0.4 is 10.1 Å². The van der Waals surface area contributed by atoms with Crippen molar-refractivity contribution in [3.05, 3.63) is 59.4 Å². The van der Waals surface area contributed by atoms with E-state index in [0.717, 1.165) is 45.1 Å². The topological polar surface area (TPSA) is 66.9 Å². The van der Waals surface area contributed by atoms with Gasteiger partial charge in [-0.25, -0.2) is 0 Å². The van der Waals surface area contributed by atoms with Crippen LogP contribution >= 0.6 is 0 Å². The fourth-order valence-corrected chi connectivity index (χ4v) is 4.53. The molecule has 2 aliphatic heterocycles. The number of morpholine rings is 1. The van der Waals surface area contributed by atoms with Crippen molar-refractivity contribution in [1.29, 1.82) is 0 Å². The third-order valence-electron chi connectivity index (χ3n) is 6.18. The predicted molar refractivity (Wildman–Crippen MR) is 124 cm³/mol. The Bertz CT molecular complexity index is 886. The van der Waals surface area contributed by atoms with Crippen LogP contribution in [0.3, 0.4) is 0 Å². The molecule has 2 aliphatic rings. The lowest BCUT2D eigenvalue weighted by Gasteiger charge is -2.34. The molecule has 172 valence electrons. The van der Waals surface area contributed by atoms with Gasteiger partial charge < -0.3 is 14.8 Å². The summed E-state index contributed by atoms with van der Waals surface area (Å²) in [6, 6.07) is 10.5. The number of nitrogens with one attached hydrogen (secondary N) is 1. The average molecular weight is 439 g/mol. The highest BCUT2D eigenvalue weighted by Crippen LogP contribution is 2.26. The SMILES string of the molecule is Cc1ccc2c(c1)CN(CCC(=O)NCC(c1ccncc1)N1CCOCC1)CC(C)O2. The maximum absolute atomic E-state index is 12.7. The number of nitrogens with zero attached hydrogens (tertiary/aromatic N) is 3. The standard InChI is InChI=1S/C25H34N4O3/c1-19-3-4-24-22(15-19)18-28(17-20(2)32-24)10-7-25(30)27-16-23(21-5-8-26-9-6-21)29-11-13-31-14-12-29/h3-6,8-9,15,20,23H,7,10-14,16-18H2,1-2H3,(H,27,30). The molecule has 0 radical (unpaired) electrons. The first-order valence-electron chi connectivity index (χ1n) is 11.6. The number of aromatic nitrogens is 1. The number of ether oxygens (including phenoxy) is 2. The summed E-state index contributed by atoms with van der Waals surface area (Å²) in [6.45, 7) is 10.3. The zero-order valence-corrected chi connectivity index (χ0v) is 19.1. The Morgan fingerprint density at radius 2 is 2.00 bits per heavy atom. The summed E-state index contributed by atoms with van der Waals surface area (Å²) in [5, 5.41) is 3.17. The molecule has 0 saturated carbocycles. The van der Waals surface area contributed by atoms with E-state index >= 15 is 0 Å². The second-order valence-electron chi connectivity index (χ2n) is 8.77. The number of amides is 1. The summed E-state index contributed by atoms with van der Waals surface area (Å²) in [5.74, 6) is 1.04. The minimum Gasteiger partial charge on any atom is -0.489 e. The van der Waals surface area contributed by atoms with Gasteiger partial charge in [-0.15, -0.1) is 0 Å². The van der Waals surface area contributed by atoms with Crippen molar-refractivity contribution in [1.82, 2.24) is 20.1 Å². The van der Waals surface area contributed by atoms with Gasteiger partial charge in [0.1, 0.15) is 11.9 Å². The van der Waals surface area contributed by atoms with E-state index in [0.29, 0.717) is 19.5 Å². The Labute approximate surface area is 190 Å². The molecule has 1 aromatic carbocycles. The number of aryl methyl sites for hydroxylation is 1. The molecule has 32 heavy (non-hydrogen) atoms. The first-order valence-corrected chi connectivity index (χ1v) is 11.6. The van der Waals surface area contributed by atoms with Crippen LogP contribution in [0.5, 0.6) is 5.75 Å². The second-order valence-corrected chi connectivity index (χ2v) is 8.77. The van der Waals surface area contributed by atoms with E-state index in [1.165, 1.54) is 16.7 Å². The van der Waals surface area contributed by atoms with Gasteiger partial charge in [0, 0.05) is 63.6 Å². The molecule has 0 bridgehead atoms. The molecule has 4 rings (SSSR count). The Hall–Kier alpha value is -2.48. The number of carbonyl (C=O) groups is 1. The zero-order chi connectivity index (χ0) is 22.3. The summed E-state index contributed by atoms with van der Waals surface area (Å²) in [7, 11) is 0. The molecule has 1 aromatic heterocycles. The van der Waals surface area contributed by atoms with Crippen LogP contribution in [-0.2, 0) is 16.1 Å². The van der Waals surface area contributed by atoms with Gasteiger partial charge in [0.2, 0.25) is 5.91 Å². The molecule has 1 fully saturated rings. The van der Waals surface area contributed by atoms with E-state index < -0.39 is 0 Å². The van der Waals surface area contributed by atoms with Gasteiger partial charge in [-0.3, -0.25) is 19.6 Å². The van der Waals surface area contributed by atoms with E-state index in [1.807, 2.05) is 24.5 Å². The number of fused-ring (bicyclic) bond motifs is 1. The summed E-state index contributed by atoms with van der Waals surface area (Å²) < 4.78 is 11.6. The first kappa shape index (κ1) is 22.7. The van der Waals surface area contributed by atoms with E-state index in [-0.39, 0.29) is 18.1 Å². The summed E-state index contributed by atoms with van der Waals surface area (Å²) >= 11 is 0. The molecule has 7 heteroatoms. The van der Waals surface area contributed by atoms with E-state index in [9.17, 15) is 4.79 Å². The number of hydrogen-bond acceptors (Lipinski definition) is 6. The second kappa shape index (κ2) is 10.9. The van der Waals surface area contributed by atoms with Crippen LogP contribution in [0.15, 0.2) is 42.7 Å². The van der Waals surface area contributed by atoms with Crippen LogP contribution in [0, 0.1) is 6.92 Å². The minimum atomic E-state index is 0.0830. The van der Waals surface area contributed by atoms with Crippen molar-refractivity contribution in [2.45, 2.75) is 39.0 Å². The first-order chi connectivity index (χ1) is 15.6. The third-order valence-corrected chi connectivity index (χ3v) is 6.18. The molecule has 3 heterocycles. The Kier molecular flexibility index (Phi) is 7.73. The highest BCUT2D eigenvalue weighted by Gasteiger charge is 2.24. The summed E-state index contributed by atoms with van der Waals surface area (Å²) in [6.07, 6.45) is 4.19. The van der Waals surface area contributed by atoms with E-state index in [1.54, 1.807) is 0 Å². The number of rotatable bonds is 7. The summed E-state index contributed by atoms with van der Waals surface area (Å²) in [4.78, 5) is 21.6. The van der Waals surface area contributed by atoms with Gasteiger partial charge in [0.05, 0.1) is 19.3 Å². The van der Waals surface area contributed by atoms with Crippen LogP contribution in [0.4, 0.5) is 0 Å². The largest absolute Gasteiger partial charge is 0.489 e. The number of hydrogen-bond donors (Lipinski definition) is 1. The number of benzene rings is 1. The third kappa shape index (κ3) is 6.06. The van der Waals surface area contributed by atoms with Gasteiger partial charge in [-0.1, -0.05) is 17.7 Å². The maximum Gasteiger partial charge on any atom is 0.221 e. The van der Waals surface area contributed by atoms with Crippen molar-refractivity contribution in [3.63, 3.8) is 0 Å². The van der Waals surface area contributed by atoms with Crippen LogP contribution in [0.25, 0.3) is 0 Å². The van der Waals surface area contributed by atoms with E-state index in [4.69, 9.17) is 9.47 Å². The molecule has 7 nitrogen and oxygen atoms in total. The molecule has 2 atom stereocenters. The average Bonchev–Trinajstić information content (AvgIpc) is 2.96. The summed E-state index contributed by atoms with van der Waals surface area (Å²) in [5.41, 5.74) is 3.59. The van der Waals surface area contributed by atoms with Crippen LogP contribution in [0.2, 0.25) is 0 Å². The Morgan fingerprint density at radius 1 is 1.22 bits per heavy atom. The van der Waals surface area contributed by atoms with Crippen LogP contribution in [0.1, 0.15) is 36.1 Å². The number of pyridine rings is 1. The quantitative estimate of drug-likeness (QED) is 0.717. The fraction of sp³-hybridized carbons (Fsp3) is 0.520. The fourth-order valence-electron chi connectivity index (χ4n) is 4.53. The zero-order valence-electron chi connectivity index (χ0n) is 19.1. The van der Waals surface area contributed by atoms with Crippen molar-refractivity contribution in [2.75, 3.05) is 45.9 Å². The molecular formula is C25H34N4O3. The highest BCUT2D eigenvalue weighted by atomic mass is 16.5. The highest BCUT2D eigenvalue weighted by molar-refractivity contribution is 5.76. The van der Waals surface area contributed by atoms with Gasteiger partial charge in [0.25, 0.3) is 0 Å². The lowest BCUT2D eigenvalue weighted by atomic mass is 10.1. The van der Waals surface area contributed by atoms with E-state index in [2.05, 4.69) is 52.1 Å². The number of carbonyl (C=O) groups excluding carboxylic acids is 1. The van der Waals surface area contributed by atoms with Crippen molar-refractivity contribution in [3.8, 4) is 5.75 Å². The predicted octanol–water partition coefficient (Wildman–Crippen LogP) is 2.55. The molecule has 1 saturated heterocycles. The molecule has 0 aliphatic carbocycles.